The van der Waals surface area contributed by atoms with E-state index in [1.807, 2.05) is 0 Å². The number of nitrogens with one attached hydrogen (secondary N) is 1. The summed E-state index contributed by atoms with van der Waals surface area (Å²) in [6.07, 6.45) is -0.281. The van der Waals surface area contributed by atoms with Crippen LogP contribution in [0.5, 0.6) is 5.75 Å². The molecule has 0 spiro atoms. The molecule has 7 nitrogen and oxygen atoms in total. The van der Waals surface area contributed by atoms with E-state index in [1.54, 1.807) is 6.07 Å². The van der Waals surface area contributed by atoms with Gasteiger partial charge in [0.1, 0.15) is 11.6 Å². The second kappa shape index (κ2) is 7.95. The van der Waals surface area contributed by atoms with Crippen LogP contribution in [0.3, 0.4) is 0 Å². The van der Waals surface area contributed by atoms with Gasteiger partial charge in [-0.25, -0.2) is 18.3 Å². The topological polar surface area (TPSA) is 95.9 Å². The minimum atomic E-state index is -4.03. The molecule has 2 N–H and O–H groups in total. The quantitative estimate of drug-likeness (QED) is 0.575. The van der Waals surface area contributed by atoms with E-state index < -0.39 is 21.7 Å². The van der Waals surface area contributed by atoms with E-state index >= 15 is 0 Å². The summed E-state index contributed by atoms with van der Waals surface area (Å²) in [6, 6.07) is 10.7. The molecular weight excluding hydrogens is 351 g/mol. The van der Waals surface area contributed by atoms with Gasteiger partial charge in [-0.1, -0.05) is 6.07 Å². The monoisotopic (exact) mass is 368 g/mol. The molecule has 0 fully saturated rings. The van der Waals surface area contributed by atoms with Crippen LogP contribution in [0.1, 0.15) is 6.42 Å². The number of amides is 1. The zero-order chi connectivity index (χ0) is 18.4. The Kier molecular flexibility index (Phi) is 5.94. The van der Waals surface area contributed by atoms with Crippen molar-refractivity contribution >= 4 is 21.6 Å². The number of methoxy groups -OCH3 is 1. The van der Waals surface area contributed by atoms with Gasteiger partial charge >= 0.3 is 0 Å². The van der Waals surface area contributed by atoms with Crippen LogP contribution in [0.4, 0.5) is 10.1 Å². The average Bonchev–Trinajstić information content (AvgIpc) is 2.63. The van der Waals surface area contributed by atoms with Gasteiger partial charge in [0.15, 0.2) is 0 Å². The molecule has 0 atom stereocenters. The molecule has 0 bridgehead atoms. The van der Waals surface area contributed by atoms with Crippen LogP contribution in [0, 0.1) is 5.82 Å². The summed E-state index contributed by atoms with van der Waals surface area (Å²) >= 11 is 0. The van der Waals surface area contributed by atoms with Crippen LogP contribution >= 0.6 is 0 Å². The Balaban J connectivity index is 2.44. The van der Waals surface area contributed by atoms with Crippen molar-refractivity contribution in [2.75, 3.05) is 18.0 Å². The molecule has 0 heterocycles. The Morgan fingerprint density at radius 1 is 1.24 bits per heavy atom. The number of benzene rings is 2. The van der Waals surface area contributed by atoms with Crippen LogP contribution in [0.25, 0.3) is 0 Å². The summed E-state index contributed by atoms with van der Waals surface area (Å²) in [5.74, 6) is -0.906. The lowest BCUT2D eigenvalue weighted by atomic mass is 10.3. The van der Waals surface area contributed by atoms with Crippen molar-refractivity contribution in [1.29, 1.82) is 0 Å². The molecule has 2 aromatic rings. The summed E-state index contributed by atoms with van der Waals surface area (Å²) in [7, 11) is -2.62. The molecule has 2 rings (SSSR count). The maximum Gasteiger partial charge on any atom is 0.264 e. The molecular formula is C16H17FN2O5S. The van der Waals surface area contributed by atoms with Crippen molar-refractivity contribution in [3.63, 3.8) is 0 Å². The highest BCUT2D eigenvalue weighted by molar-refractivity contribution is 7.92. The van der Waals surface area contributed by atoms with Crippen LogP contribution in [-0.2, 0) is 14.8 Å². The second-order valence-corrected chi connectivity index (χ2v) is 6.88. The van der Waals surface area contributed by atoms with Crippen molar-refractivity contribution in [3.05, 3.63) is 54.3 Å². The number of hydrogen-bond donors (Lipinski definition) is 2. The van der Waals surface area contributed by atoms with Crippen LogP contribution in [0.15, 0.2) is 53.4 Å². The Bertz CT molecular complexity index is 840. The first-order chi connectivity index (χ1) is 11.9. The normalized spacial score (nSPS) is 11.0. The zero-order valence-electron chi connectivity index (χ0n) is 13.3. The number of carbonyl (C=O) groups is 1. The Labute approximate surface area is 144 Å². The Morgan fingerprint density at radius 2 is 1.92 bits per heavy atom. The van der Waals surface area contributed by atoms with Crippen LogP contribution in [0.2, 0.25) is 0 Å². The lowest BCUT2D eigenvalue weighted by molar-refractivity contribution is -0.128. The molecule has 0 radical (unpaired) electrons. The van der Waals surface area contributed by atoms with Gasteiger partial charge in [0.05, 0.1) is 17.7 Å². The predicted molar refractivity (Wildman–Crippen MR) is 88.5 cm³/mol. The zero-order valence-corrected chi connectivity index (χ0v) is 14.2. The first-order valence-electron chi connectivity index (χ1n) is 7.24. The maximum absolute atomic E-state index is 13.2. The molecule has 0 aliphatic rings. The summed E-state index contributed by atoms with van der Waals surface area (Å²) in [5, 5.41) is 8.61. The van der Waals surface area contributed by atoms with Gasteiger partial charge < -0.3 is 4.74 Å². The lowest BCUT2D eigenvalue weighted by Crippen LogP contribution is -2.34. The molecule has 0 saturated carbocycles. The maximum atomic E-state index is 13.2. The third-order valence-electron chi connectivity index (χ3n) is 3.41. The predicted octanol–water partition coefficient (Wildman–Crippen LogP) is 1.93. The molecule has 2 aromatic carbocycles. The number of ether oxygens (including phenoxy) is 1. The minimum Gasteiger partial charge on any atom is -0.497 e. The molecule has 0 aliphatic heterocycles. The van der Waals surface area contributed by atoms with Crippen LogP contribution in [-0.4, -0.2) is 33.2 Å². The highest BCUT2D eigenvalue weighted by atomic mass is 32.2. The molecule has 0 saturated heterocycles. The van der Waals surface area contributed by atoms with E-state index in [2.05, 4.69) is 0 Å². The molecule has 0 aliphatic carbocycles. The van der Waals surface area contributed by atoms with Gasteiger partial charge in [0.2, 0.25) is 5.91 Å². The molecule has 134 valence electrons. The largest absolute Gasteiger partial charge is 0.497 e. The molecule has 1 amide bonds. The molecule has 9 heteroatoms. The fraction of sp³-hybridized carbons (Fsp3) is 0.188. The van der Waals surface area contributed by atoms with Crippen molar-refractivity contribution < 1.29 is 27.5 Å². The molecule has 0 aromatic heterocycles. The highest BCUT2D eigenvalue weighted by Gasteiger charge is 2.26. The fourth-order valence-corrected chi connectivity index (χ4v) is 3.64. The number of halogens is 1. The number of rotatable bonds is 7. The summed E-state index contributed by atoms with van der Waals surface area (Å²) < 4.78 is 45.1. The van der Waals surface area contributed by atoms with Gasteiger partial charge in [0.25, 0.3) is 10.0 Å². The lowest BCUT2D eigenvalue weighted by Gasteiger charge is -2.24. The molecule has 0 unspecified atom stereocenters. The van der Waals surface area contributed by atoms with E-state index in [4.69, 9.17) is 9.94 Å². The van der Waals surface area contributed by atoms with Crippen molar-refractivity contribution in [1.82, 2.24) is 5.48 Å². The molecule has 25 heavy (non-hydrogen) atoms. The van der Waals surface area contributed by atoms with Crippen LogP contribution < -0.4 is 14.5 Å². The Hall–Kier alpha value is -2.65. The number of nitrogens with zero attached hydrogens (tertiary/aromatic N) is 1. The SMILES string of the molecule is COc1cccc(S(=O)(=O)N(CCC(=O)NO)c2ccc(F)cc2)c1. The number of anilines is 1. The number of hydrogen-bond acceptors (Lipinski definition) is 5. The minimum absolute atomic E-state index is 0.0411. The van der Waals surface area contributed by atoms with Gasteiger partial charge in [0, 0.05) is 19.0 Å². The number of carbonyl (C=O) groups excluding carboxylic acids is 1. The number of sulfonamides is 1. The van der Waals surface area contributed by atoms with Gasteiger partial charge in [-0.2, -0.15) is 0 Å². The first kappa shape index (κ1) is 18.7. The summed E-state index contributed by atoms with van der Waals surface area (Å²) in [4.78, 5) is 11.3. The van der Waals surface area contributed by atoms with Crippen molar-refractivity contribution in [3.8, 4) is 5.75 Å². The smallest absolute Gasteiger partial charge is 0.264 e. The standard InChI is InChI=1S/C16H17FN2O5S/c1-24-14-3-2-4-15(11-14)25(22,23)19(10-9-16(20)18-21)13-7-5-12(17)6-8-13/h2-8,11,21H,9-10H2,1H3,(H,18,20). The number of hydroxylamine groups is 1. The first-order valence-corrected chi connectivity index (χ1v) is 8.68. The van der Waals surface area contributed by atoms with Crippen molar-refractivity contribution in [2.45, 2.75) is 11.3 Å². The van der Waals surface area contributed by atoms with E-state index in [0.717, 1.165) is 16.4 Å². The average molecular weight is 368 g/mol. The summed E-state index contributed by atoms with van der Waals surface area (Å²) in [6.45, 7) is -0.239. The third-order valence-corrected chi connectivity index (χ3v) is 5.23. The van der Waals surface area contributed by atoms with E-state index in [-0.39, 0.29) is 23.5 Å². The van der Waals surface area contributed by atoms with Gasteiger partial charge in [-0.05, 0) is 36.4 Å². The van der Waals surface area contributed by atoms with Gasteiger partial charge in [-0.3, -0.25) is 14.3 Å². The summed E-state index contributed by atoms with van der Waals surface area (Å²) in [5.41, 5.74) is 1.64. The van der Waals surface area contributed by atoms with Crippen molar-refractivity contribution in [2.24, 2.45) is 0 Å². The van der Waals surface area contributed by atoms with Gasteiger partial charge in [-0.15, -0.1) is 0 Å². The Morgan fingerprint density at radius 3 is 2.52 bits per heavy atom. The van der Waals surface area contributed by atoms with E-state index in [9.17, 15) is 17.6 Å². The van der Waals surface area contributed by atoms with E-state index in [0.29, 0.717) is 5.75 Å². The highest BCUT2D eigenvalue weighted by Crippen LogP contribution is 2.26. The third kappa shape index (κ3) is 4.46. The fourth-order valence-electron chi connectivity index (χ4n) is 2.14. The second-order valence-electron chi connectivity index (χ2n) is 5.02. The van der Waals surface area contributed by atoms with E-state index in [1.165, 1.54) is 42.9 Å².